The van der Waals surface area contributed by atoms with Gasteiger partial charge in [0.2, 0.25) is 0 Å². The Morgan fingerprint density at radius 3 is 2.40 bits per heavy atom. The van der Waals surface area contributed by atoms with E-state index in [1.54, 1.807) is 24.1 Å². The molecule has 1 aliphatic carbocycles. The van der Waals surface area contributed by atoms with Crippen molar-refractivity contribution in [3.8, 4) is 0 Å². The van der Waals surface area contributed by atoms with Crippen LogP contribution >= 0.6 is 0 Å². The second-order valence-corrected chi connectivity index (χ2v) is 5.69. The number of nitrogens with one attached hydrogen (secondary N) is 1. The van der Waals surface area contributed by atoms with E-state index in [0.717, 1.165) is 19.4 Å². The zero-order valence-electron chi connectivity index (χ0n) is 12.7. The molecule has 0 aromatic carbocycles. The standard InChI is InChI=1S/C14H23N5O/c1-15-12-7-6-11(16-17-12)13(20)19(4)10-14(18(2)3)8-5-9-14/h6-7H,5,8-10H2,1-4H3,(H,15,17). The quantitative estimate of drug-likeness (QED) is 0.872. The van der Waals surface area contributed by atoms with Gasteiger partial charge in [-0.3, -0.25) is 4.79 Å². The molecule has 1 fully saturated rings. The molecule has 0 radical (unpaired) electrons. The number of aromatic nitrogens is 2. The first-order valence-electron chi connectivity index (χ1n) is 6.93. The predicted molar refractivity (Wildman–Crippen MR) is 78.8 cm³/mol. The molecule has 0 aliphatic heterocycles. The highest BCUT2D eigenvalue weighted by molar-refractivity contribution is 5.92. The van der Waals surface area contributed by atoms with Crippen LogP contribution in [0.4, 0.5) is 5.82 Å². The third-order valence-corrected chi connectivity index (χ3v) is 4.25. The zero-order valence-corrected chi connectivity index (χ0v) is 12.7. The number of nitrogens with zero attached hydrogens (tertiary/aromatic N) is 4. The first kappa shape index (κ1) is 14.7. The average molecular weight is 277 g/mol. The van der Waals surface area contributed by atoms with Crippen LogP contribution in [0.15, 0.2) is 12.1 Å². The van der Waals surface area contributed by atoms with Gasteiger partial charge in [0.05, 0.1) is 0 Å². The maximum atomic E-state index is 12.4. The number of hydrogen-bond acceptors (Lipinski definition) is 5. The fourth-order valence-corrected chi connectivity index (χ4v) is 2.62. The van der Waals surface area contributed by atoms with Gasteiger partial charge in [-0.1, -0.05) is 0 Å². The number of hydrogen-bond donors (Lipinski definition) is 1. The molecule has 6 nitrogen and oxygen atoms in total. The van der Waals surface area contributed by atoms with E-state index in [9.17, 15) is 4.79 Å². The van der Waals surface area contributed by atoms with E-state index in [1.165, 1.54) is 6.42 Å². The van der Waals surface area contributed by atoms with E-state index in [1.807, 2.05) is 7.05 Å². The summed E-state index contributed by atoms with van der Waals surface area (Å²) in [5.41, 5.74) is 0.516. The van der Waals surface area contributed by atoms with Gasteiger partial charge in [-0.05, 0) is 45.5 Å². The molecule has 1 aliphatic rings. The SMILES string of the molecule is CNc1ccc(C(=O)N(C)CC2(N(C)C)CCC2)nn1. The average Bonchev–Trinajstić information content (AvgIpc) is 2.41. The summed E-state index contributed by atoms with van der Waals surface area (Å²) in [7, 11) is 7.77. The highest BCUT2D eigenvalue weighted by Gasteiger charge is 2.40. The fourth-order valence-electron chi connectivity index (χ4n) is 2.62. The van der Waals surface area contributed by atoms with Gasteiger partial charge in [-0.2, -0.15) is 0 Å². The minimum Gasteiger partial charge on any atom is -0.372 e. The minimum absolute atomic E-state index is 0.0757. The van der Waals surface area contributed by atoms with Crippen LogP contribution in [0.5, 0.6) is 0 Å². The summed E-state index contributed by atoms with van der Waals surface area (Å²) in [6, 6.07) is 3.47. The van der Waals surface area contributed by atoms with Crippen molar-refractivity contribution in [2.45, 2.75) is 24.8 Å². The van der Waals surface area contributed by atoms with Gasteiger partial charge in [0.15, 0.2) is 5.69 Å². The third kappa shape index (κ3) is 2.75. The summed E-state index contributed by atoms with van der Waals surface area (Å²) >= 11 is 0. The lowest BCUT2D eigenvalue weighted by molar-refractivity contribution is 0.0249. The van der Waals surface area contributed by atoms with Crippen LogP contribution in [0.25, 0.3) is 0 Å². The van der Waals surface area contributed by atoms with Crippen molar-refractivity contribution in [3.05, 3.63) is 17.8 Å². The highest BCUT2D eigenvalue weighted by atomic mass is 16.2. The molecule has 2 rings (SSSR count). The Morgan fingerprint density at radius 2 is 2.00 bits per heavy atom. The largest absolute Gasteiger partial charge is 0.372 e. The van der Waals surface area contributed by atoms with Gasteiger partial charge in [0.1, 0.15) is 5.82 Å². The molecule has 1 aromatic rings. The molecule has 0 saturated heterocycles. The molecule has 0 unspecified atom stereocenters. The van der Waals surface area contributed by atoms with Crippen LogP contribution in [0.3, 0.4) is 0 Å². The second kappa shape index (κ2) is 5.75. The van der Waals surface area contributed by atoms with Crippen molar-refractivity contribution in [2.24, 2.45) is 0 Å². The first-order chi connectivity index (χ1) is 9.48. The summed E-state index contributed by atoms with van der Waals surface area (Å²) < 4.78 is 0. The van der Waals surface area contributed by atoms with Crippen molar-refractivity contribution in [1.29, 1.82) is 0 Å². The number of amides is 1. The number of anilines is 1. The summed E-state index contributed by atoms with van der Waals surface area (Å²) in [5, 5.41) is 10.8. The number of rotatable bonds is 5. The lowest BCUT2D eigenvalue weighted by Gasteiger charge is -2.49. The van der Waals surface area contributed by atoms with E-state index >= 15 is 0 Å². The molecule has 1 heterocycles. The Hall–Kier alpha value is -1.69. The van der Waals surface area contributed by atoms with Crippen molar-refractivity contribution in [1.82, 2.24) is 20.0 Å². The van der Waals surface area contributed by atoms with Gasteiger partial charge in [0, 0.05) is 26.2 Å². The number of carbonyl (C=O) groups is 1. The minimum atomic E-state index is -0.0757. The Morgan fingerprint density at radius 1 is 1.30 bits per heavy atom. The molecule has 1 saturated carbocycles. The lowest BCUT2D eigenvalue weighted by atomic mass is 9.75. The molecular formula is C14H23N5O. The van der Waals surface area contributed by atoms with Crippen molar-refractivity contribution in [3.63, 3.8) is 0 Å². The van der Waals surface area contributed by atoms with E-state index in [0.29, 0.717) is 11.5 Å². The maximum Gasteiger partial charge on any atom is 0.274 e. The summed E-state index contributed by atoms with van der Waals surface area (Å²) in [6.07, 6.45) is 3.51. The molecule has 6 heteroatoms. The van der Waals surface area contributed by atoms with Gasteiger partial charge >= 0.3 is 0 Å². The summed E-state index contributed by atoms with van der Waals surface area (Å²) in [4.78, 5) is 16.4. The molecular weight excluding hydrogens is 254 g/mol. The van der Waals surface area contributed by atoms with E-state index in [-0.39, 0.29) is 11.4 Å². The molecule has 1 N–H and O–H groups in total. The summed E-state index contributed by atoms with van der Waals surface area (Å²) in [5.74, 6) is 0.584. The Labute approximate surface area is 120 Å². The molecule has 110 valence electrons. The normalized spacial score (nSPS) is 16.6. The van der Waals surface area contributed by atoms with Crippen molar-refractivity contribution < 1.29 is 4.79 Å². The van der Waals surface area contributed by atoms with Crippen LogP contribution in [-0.4, -0.2) is 66.2 Å². The van der Waals surface area contributed by atoms with Gasteiger partial charge in [-0.25, -0.2) is 0 Å². The van der Waals surface area contributed by atoms with Gasteiger partial charge < -0.3 is 15.1 Å². The van der Waals surface area contributed by atoms with Crippen molar-refractivity contribution in [2.75, 3.05) is 40.1 Å². The topological polar surface area (TPSA) is 61.4 Å². The highest BCUT2D eigenvalue weighted by Crippen LogP contribution is 2.36. The lowest BCUT2D eigenvalue weighted by Crippen LogP contribution is -2.57. The van der Waals surface area contributed by atoms with Gasteiger partial charge in [0.25, 0.3) is 5.91 Å². The molecule has 1 amide bonds. The van der Waals surface area contributed by atoms with Crippen molar-refractivity contribution >= 4 is 11.7 Å². The third-order valence-electron chi connectivity index (χ3n) is 4.25. The predicted octanol–water partition coefficient (Wildman–Crippen LogP) is 1.07. The molecule has 20 heavy (non-hydrogen) atoms. The van der Waals surface area contributed by atoms with Gasteiger partial charge in [-0.15, -0.1) is 10.2 Å². The second-order valence-electron chi connectivity index (χ2n) is 5.69. The van der Waals surface area contributed by atoms with Crippen LogP contribution in [0.2, 0.25) is 0 Å². The Bertz CT molecular complexity index is 467. The first-order valence-corrected chi connectivity index (χ1v) is 6.93. The molecule has 0 atom stereocenters. The Balaban J connectivity index is 2.04. The smallest absolute Gasteiger partial charge is 0.274 e. The fraction of sp³-hybridized carbons (Fsp3) is 0.643. The van der Waals surface area contributed by atoms with E-state index in [2.05, 4.69) is 34.5 Å². The Kier molecular flexibility index (Phi) is 4.23. The zero-order chi connectivity index (χ0) is 14.8. The monoisotopic (exact) mass is 277 g/mol. The van der Waals surface area contributed by atoms with Crippen LogP contribution in [0.1, 0.15) is 29.8 Å². The number of carbonyl (C=O) groups excluding carboxylic acids is 1. The van der Waals surface area contributed by atoms with Crippen LogP contribution in [-0.2, 0) is 0 Å². The van der Waals surface area contributed by atoms with Crippen LogP contribution < -0.4 is 5.32 Å². The van der Waals surface area contributed by atoms with E-state index < -0.39 is 0 Å². The molecule has 1 aromatic heterocycles. The van der Waals surface area contributed by atoms with Crippen LogP contribution in [0, 0.1) is 0 Å². The maximum absolute atomic E-state index is 12.4. The summed E-state index contributed by atoms with van der Waals surface area (Å²) in [6.45, 7) is 0.730. The van der Waals surface area contributed by atoms with E-state index in [4.69, 9.17) is 0 Å². The number of likely N-dealkylation sites (N-methyl/N-ethyl adjacent to an activating group) is 2. The molecule has 0 spiro atoms. The molecule has 0 bridgehead atoms.